The maximum Gasteiger partial charge on any atom is 0.410 e. The van der Waals surface area contributed by atoms with E-state index in [9.17, 15) is 4.79 Å². The van der Waals surface area contributed by atoms with Crippen LogP contribution in [0.4, 0.5) is 10.6 Å². The molecule has 0 spiro atoms. The molecule has 7 nitrogen and oxygen atoms in total. The number of rotatable bonds is 5. The van der Waals surface area contributed by atoms with E-state index in [-0.39, 0.29) is 12.7 Å². The average molecular weight is 434 g/mol. The highest BCUT2D eigenvalue weighted by Crippen LogP contribution is 2.59. The molecule has 4 aliphatic carbocycles. The van der Waals surface area contributed by atoms with Gasteiger partial charge in [0, 0.05) is 36.6 Å². The molecule has 0 aromatic carbocycles. The van der Waals surface area contributed by atoms with Gasteiger partial charge in [0.1, 0.15) is 18.8 Å². The van der Waals surface area contributed by atoms with E-state index in [2.05, 4.69) is 20.3 Å². The lowest BCUT2D eigenvalue weighted by Gasteiger charge is -2.57. The van der Waals surface area contributed by atoms with Crippen molar-refractivity contribution < 1.29 is 9.53 Å². The summed E-state index contributed by atoms with van der Waals surface area (Å²) in [6.07, 6.45) is 14.1. The summed E-state index contributed by atoms with van der Waals surface area (Å²) in [6, 6.07) is 3.75. The number of hydrogen-bond donors (Lipinski definition) is 1. The number of nitrogens with one attached hydrogen (secondary N) is 1. The minimum atomic E-state index is -0.304. The molecule has 32 heavy (non-hydrogen) atoms. The molecule has 0 radical (unpaired) electrons. The first-order valence-electron chi connectivity index (χ1n) is 12.0. The van der Waals surface area contributed by atoms with Crippen molar-refractivity contribution in [2.75, 3.05) is 18.4 Å². The Morgan fingerprint density at radius 1 is 1.16 bits per heavy atom. The number of pyridine rings is 1. The molecule has 4 saturated carbocycles. The van der Waals surface area contributed by atoms with E-state index in [0.29, 0.717) is 18.5 Å². The molecule has 168 valence electrons. The quantitative estimate of drug-likeness (QED) is 0.761. The van der Waals surface area contributed by atoms with Gasteiger partial charge in [0.2, 0.25) is 0 Å². The lowest BCUT2D eigenvalue weighted by Crippen LogP contribution is -2.49. The zero-order valence-corrected chi connectivity index (χ0v) is 18.5. The van der Waals surface area contributed by atoms with Crippen molar-refractivity contribution in [3.8, 4) is 0 Å². The summed E-state index contributed by atoms with van der Waals surface area (Å²) in [5.74, 6) is 3.82. The smallest absolute Gasteiger partial charge is 0.410 e. The second-order valence-corrected chi connectivity index (χ2v) is 10.5. The average Bonchev–Trinajstić information content (AvgIpc) is 2.80. The second kappa shape index (κ2) is 8.01. The molecule has 0 saturated heterocycles. The highest BCUT2D eigenvalue weighted by molar-refractivity contribution is 5.68. The van der Waals surface area contributed by atoms with Crippen LogP contribution in [0.25, 0.3) is 0 Å². The van der Waals surface area contributed by atoms with Crippen LogP contribution in [0.5, 0.6) is 0 Å². The van der Waals surface area contributed by atoms with Crippen molar-refractivity contribution in [2.45, 2.75) is 58.1 Å². The van der Waals surface area contributed by atoms with Crippen LogP contribution >= 0.6 is 0 Å². The van der Waals surface area contributed by atoms with Crippen LogP contribution in [0.3, 0.4) is 0 Å². The van der Waals surface area contributed by atoms with Gasteiger partial charge < -0.3 is 15.0 Å². The summed E-state index contributed by atoms with van der Waals surface area (Å²) in [4.78, 5) is 27.5. The Kier molecular flexibility index (Phi) is 5.00. The van der Waals surface area contributed by atoms with Crippen LogP contribution in [0.2, 0.25) is 0 Å². The van der Waals surface area contributed by atoms with E-state index in [1.165, 1.54) is 38.5 Å². The van der Waals surface area contributed by atoms with Crippen molar-refractivity contribution in [1.29, 1.82) is 0 Å². The van der Waals surface area contributed by atoms with Crippen molar-refractivity contribution >= 4 is 11.9 Å². The van der Waals surface area contributed by atoms with Gasteiger partial charge in [-0.05, 0) is 74.2 Å². The highest BCUT2D eigenvalue weighted by atomic mass is 16.6. The summed E-state index contributed by atoms with van der Waals surface area (Å²) < 4.78 is 5.49. The van der Waals surface area contributed by atoms with Gasteiger partial charge in [0.25, 0.3) is 0 Å². The summed E-state index contributed by atoms with van der Waals surface area (Å²) in [7, 11) is 0. The molecule has 2 aromatic heterocycles. The van der Waals surface area contributed by atoms with Gasteiger partial charge in [-0.2, -0.15) is 0 Å². The van der Waals surface area contributed by atoms with E-state index >= 15 is 0 Å². The molecule has 0 atom stereocenters. The number of nitrogens with zero attached hydrogens (tertiary/aromatic N) is 4. The predicted molar refractivity (Wildman–Crippen MR) is 120 cm³/mol. The Balaban J connectivity index is 1.09. The Morgan fingerprint density at radius 2 is 1.94 bits per heavy atom. The molecule has 7 rings (SSSR count). The summed E-state index contributed by atoms with van der Waals surface area (Å²) in [5, 5.41) is 3.73. The highest BCUT2D eigenvalue weighted by Gasteiger charge is 2.50. The fourth-order valence-electron chi connectivity index (χ4n) is 7.16. The summed E-state index contributed by atoms with van der Waals surface area (Å²) in [6.45, 7) is 2.35. The Morgan fingerprint density at radius 3 is 2.66 bits per heavy atom. The molecular weight excluding hydrogens is 402 g/mol. The number of carbonyl (C=O) groups is 1. The van der Waals surface area contributed by atoms with Gasteiger partial charge in [-0.1, -0.05) is 6.07 Å². The van der Waals surface area contributed by atoms with Crippen LogP contribution < -0.4 is 5.32 Å². The fraction of sp³-hybridized carbons (Fsp3) is 0.600. The maximum atomic E-state index is 12.6. The van der Waals surface area contributed by atoms with Crippen LogP contribution in [0, 0.1) is 23.2 Å². The normalized spacial score (nSPS) is 30.1. The number of amides is 1. The Bertz CT molecular complexity index is 960. The number of fused-ring (bicyclic) bond motifs is 1. The molecule has 1 N–H and O–H groups in total. The zero-order chi connectivity index (χ0) is 21.5. The van der Waals surface area contributed by atoms with E-state index < -0.39 is 0 Å². The topological polar surface area (TPSA) is 80.2 Å². The first-order chi connectivity index (χ1) is 15.7. The van der Waals surface area contributed by atoms with Gasteiger partial charge in [0.15, 0.2) is 0 Å². The van der Waals surface area contributed by atoms with Gasteiger partial charge in [-0.25, -0.2) is 14.8 Å². The van der Waals surface area contributed by atoms with Crippen molar-refractivity contribution in [3.63, 3.8) is 0 Å². The summed E-state index contributed by atoms with van der Waals surface area (Å²) in [5.41, 5.74) is 3.44. The van der Waals surface area contributed by atoms with Crippen LogP contribution in [0.1, 0.15) is 55.3 Å². The molecular formula is C25H31N5O2. The third-order valence-electron chi connectivity index (χ3n) is 8.15. The molecule has 7 heteroatoms. The van der Waals surface area contributed by atoms with Gasteiger partial charge in [-0.3, -0.25) is 4.98 Å². The van der Waals surface area contributed by atoms with Gasteiger partial charge in [0.05, 0.1) is 12.2 Å². The predicted octanol–water partition coefficient (Wildman–Crippen LogP) is 4.19. The third-order valence-corrected chi connectivity index (χ3v) is 8.15. The maximum absolute atomic E-state index is 12.6. The van der Waals surface area contributed by atoms with Crippen molar-refractivity contribution in [2.24, 2.45) is 23.2 Å². The monoisotopic (exact) mass is 433 g/mol. The number of anilines is 1. The molecule has 2 aromatic rings. The number of aromatic nitrogens is 3. The SMILES string of the molecule is O=C(OCc1cccnc1)N1CCc2c(ncnc2NCC23CC4CC(CC(C4)C2)C3)C1. The Labute approximate surface area is 189 Å². The van der Waals surface area contributed by atoms with Crippen molar-refractivity contribution in [3.05, 3.63) is 47.7 Å². The van der Waals surface area contributed by atoms with Gasteiger partial charge in [-0.15, -0.1) is 0 Å². The second-order valence-electron chi connectivity index (χ2n) is 10.5. The fourth-order valence-corrected chi connectivity index (χ4v) is 7.16. The molecule has 5 aliphatic rings. The molecule has 1 amide bonds. The minimum absolute atomic E-state index is 0.234. The lowest BCUT2D eigenvalue weighted by molar-refractivity contribution is -0.0444. The van der Waals surface area contributed by atoms with E-state index in [0.717, 1.165) is 53.4 Å². The molecule has 1 aliphatic heterocycles. The molecule has 0 unspecified atom stereocenters. The van der Waals surface area contributed by atoms with Gasteiger partial charge >= 0.3 is 6.09 Å². The zero-order valence-electron chi connectivity index (χ0n) is 18.5. The first kappa shape index (κ1) is 19.9. The Hall–Kier alpha value is -2.70. The van der Waals surface area contributed by atoms with Crippen molar-refractivity contribution in [1.82, 2.24) is 19.9 Å². The molecule has 3 heterocycles. The van der Waals surface area contributed by atoms with Crippen LogP contribution in [-0.2, 0) is 24.3 Å². The number of ether oxygens (including phenoxy) is 1. The minimum Gasteiger partial charge on any atom is -0.444 e. The number of carbonyl (C=O) groups excluding carboxylic acids is 1. The number of hydrogen-bond acceptors (Lipinski definition) is 6. The van der Waals surface area contributed by atoms with E-state index in [4.69, 9.17) is 4.74 Å². The van der Waals surface area contributed by atoms with E-state index in [1.54, 1.807) is 23.6 Å². The largest absolute Gasteiger partial charge is 0.444 e. The lowest BCUT2D eigenvalue weighted by atomic mass is 9.49. The molecule has 4 bridgehead atoms. The first-order valence-corrected chi connectivity index (χ1v) is 12.0. The summed E-state index contributed by atoms with van der Waals surface area (Å²) >= 11 is 0. The third kappa shape index (κ3) is 3.82. The standard InChI is InChI=1S/C25H31N5O2/c31-24(32-14-17-2-1-4-26-12-17)30-5-3-21-22(13-30)28-16-29-23(21)27-15-25-9-18-6-19(10-25)8-20(7-18)11-25/h1-2,4,12,16,18-20H,3,5-11,13-15H2,(H,27,28,29). The van der Waals surface area contributed by atoms with Crippen LogP contribution in [0.15, 0.2) is 30.9 Å². The van der Waals surface area contributed by atoms with E-state index in [1.807, 2.05) is 12.1 Å². The molecule has 4 fully saturated rings. The van der Waals surface area contributed by atoms with Crippen LogP contribution in [-0.4, -0.2) is 39.0 Å².